The number of ketones is 1. The quantitative estimate of drug-likeness (QED) is 0.525. The summed E-state index contributed by atoms with van der Waals surface area (Å²) >= 11 is 0. The van der Waals surface area contributed by atoms with Gasteiger partial charge in [-0.3, -0.25) is 4.79 Å². The fraction of sp³-hybridized carbons (Fsp3) is 0.286. The maximum atomic E-state index is 11.4. The van der Waals surface area contributed by atoms with E-state index in [4.69, 9.17) is 13.9 Å². The standard InChI is InChI=1S/C21H19N3O4/c1-26-17-3-2-4-18-15(17)10-19(28-18)16-11-22-20-7-8-21(23-24(16)20)27-12-13-5-6-14(25)9-13/h2-4,7-8,10-11,13H,5-6,9,12H2,1H3/t13-/m1/s1. The van der Waals surface area contributed by atoms with Gasteiger partial charge in [0.05, 0.1) is 25.3 Å². The number of hydrogen-bond acceptors (Lipinski definition) is 6. The van der Waals surface area contributed by atoms with Gasteiger partial charge in [0, 0.05) is 24.8 Å². The Morgan fingerprint density at radius 3 is 3.04 bits per heavy atom. The van der Waals surface area contributed by atoms with Crippen LogP contribution >= 0.6 is 0 Å². The second kappa shape index (κ2) is 6.67. The minimum atomic E-state index is 0.273. The smallest absolute Gasteiger partial charge is 0.231 e. The molecule has 0 bridgehead atoms. The molecule has 1 fully saturated rings. The van der Waals surface area contributed by atoms with Gasteiger partial charge >= 0.3 is 0 Å². The molecule has 4 aromatic rings. The third kappa shape index (κ3) is 2.89. The number of ether oxygens (including phenoxy) is 2. The Morgan fingerprint density at radius 1 is 1.29 bits per heavy atom. The molecular weight excluding hydrogens is 358 g/mol. The Bertz CT molecular complexity index is 1180. The van der Waals surface area contributed by atoms with E-state index in [0.717, 1.165) is 28.8 Å². The van der Waals surface area contributed by atoms with Gasteiger partial charge in [-0.2, -0.15) is 0 Å². The highest BCUT2D eigenvalue weighted by atomic mass is 16.5. The summed E-state index contributed by atoms with van der Waals surface area (Å²) in [7, 11) is 1.64. The third-order valence-corrected chi connectivity index (χ3v) is 5.15. The fourth-order valence-corrected chi connectivity index (χ4v) is 3.68. The van der Waals surface area contributed by atoms with Crippen LogP contribution in [0.5, 0.6) is 11.6 Å². The lowest BCUT2D eigenvalue weighted by molar-refractivity contribution is -0.117. The van der Waals surface area contributed by atoms with E-state index in [1.165, 1.54) is 0 Å². The van der Waals surface area contributed by atoms with Crippen LogP contribution in [-0.4, -0.2) is 34.1 Å². The first-order chi connectivity index (χ1) is 13.7. The van der Waals surface area contributed by atoms with Crippen LogP contribution < -0.4 is 9.47 Å². The van der Waals surface area contributed by atoms with Gasteiger partial charge in [-0.15, -0.1) is 5.10 Å². The highest BCUT2D eigenvalue weighted by molar-refractivity contribution is 5.88. The number of Topliss-reactive ketones (excluding diaryl/α,β-unsaturated/α-hetero) is 1. The van der Waals surface area contributed by atoms with Gasteiger partial charge in [0.2, 0.25) is 5.88 Å². The van der Waals surface area contributed by atoms with E-state index in [2.05, 4.69) is 10.1 Å². The number of aromatic nitrogens is 3. The number of furan rings is 1. The average molecular weight is 377 g/mol. The monoisotopic (exact) mass is 377 g/mol. The van der Waals surface area contributed by atoms with Gasteiger partial charge in [-0.1, -0.05) is 6.07 Å². The van der Waals surface area contributed by atoms with Crippen molar-refractivity contribution < 1.29 is 18.7 Å². The Labute approximate surface area is 160 Å². The van der Waals surface area contributed by atoms with E-state index >= 15 is 0 Å². The molecule has 1 atom stereocenters. The Balaban J connectivity index is 1.47. The van der Waals surface area contributed by atoms with Crippen LogP contribution in [-0.2, 0) is 4.79 Å². The number of hydrogen-bond donors (Lipinski definition) is 0. The van der Waals surface area contributed by atoms with E-state index in [0.29, 0.717) is 42.5 Å². The van der Waals surface area contributed by atoms with Crippen LogP contribution in [0.4, 0.5) is 0 Å². The van der Waals surface area contributed by atoms with Crippen LogP contribution in [0.1, 0.15) is 19.3 Å². The van der Waals surface area contributed by atoms with Crippen LogP contribution in [0.15, 0.2) is 47.0 Å². The molecule has 142 valence electrons. The molecule has 7 heteroatoms. The van der Waals surface area contributed by atoms with Gasteiger partial charge in [-0.05, 0) is 30.7 Å². The van der Waals surface area contributed by atoms with Crippen LogP contribution in [0, 0.1) is 5.92 Å². The summed E-state index contributed by atoms with van der Waals surface area (Å²) in [4.78, 5) is 15.8. The van der Waals surface area contributed by atoms with Crippen LogP contribution in [0.25, 0.3) is 28.1 Å². The van der Waals surface area contributed by atoms with Crippen molar-refractivity contribution in [3.8, 4) is 23.1 Å². The normalized spacial score (nSPS) is 16.9. The Kier molecular flexibility index (Phi) is 4.00. The van der Waals surface area contributed by atoms with Crippen molar-refractivity contribution >= 4 is 22.4 Å². The molecule has 1 aromatic carbocycles. The summed E-state index contributed by atoms with van der Waals surface area (Å²) in [6.45, 7) is 0.496. The molecule has 1 saturated carbocycles. The SMILES string of the molecule is COc1cccc2oc(-c3cnc4ccc(OC[C@@H]5CCC(=O)C5)nn34)cc12. The Hall–Kier alpha value is -3.35. The van der Waals surface area contributed by atoms with Crippen LogP contribution in [0.3, 0.4) is 0 Å². The first-order valence-electron chi connectivity index (χ1n) is 9.27. The van der Waals surface area contributed by atoms with Gasteiger partial charge in [-0.25, -0.2) is 9.50 Å². The summed E-state index contributed by atoms with van der Waals surface area (Å²) in [6.07, 6.45) is 3.87. The summed E-state index contributed by atoms with van der Waals surface area (Å²) in [6, 6.07) is 11.3. The average Bonchev–Trinajstić information content (AvgIpc) is 3.42. The van der Waals surface area contributed by atoms with E-state index < -0.39 is 0 Å². The fourth-order valence-electron chi connectivity index (χ4n) is 3.68. The highest BCUT2D eigenvalue weighted by Gasteiger charge is 2.23. The Morgan fingerprint density at radius 2 is 2.21 bits per heavy atom. The number of carbonyl (C=O) groups is 1. The van der Waals surface area contributed by atoms with E-state index in [1.807, 2.05) is 30.3 Å². The lowest BCUT2D eigenvalue weighted by Gasteiger charge is -2.10. The first-order valence-corrected chi connectivity index (χ1v) is 9.27. The lowest BCUT2D eigenvalue weighted by Crippen LogP contribution is -2.10. The van der Waals surface area contributed by atoms with Crippen molar-refractivity contribution in [2.75, 3.05) is 13.7 Å². The number of rotatable bonds is 5. The molecule has 5 rings (SSSR count). The number of benzene rings is 1. The summed E-state index contributed by atoms with van der Waals surface area (Å²) < 4.78 is 19.0. The molecule has 0 spiro atoms. The molecule has 28 heavy (non-hydrogen) atoms. The number of carbonyl (C=O) groups excluding carboxylic acids is 1. The molecule has 0 saturated heterocycles. The van der Waals surface area contributed by atoms with Crippen molar-refractivity contribution in [1.82, 2.24) is 14.6 Å². The van der Waals surface area contributed by atoms with Gasteiger partial charge in [0.25, 0.3) is 0 Å². The zero-order chi connectivity index (χ0) is 19.1. The van der Waals surface area contributed by atoms with E-state index in [9.17, 15) is 4.79 Å². The minimum absolute atomic E-state index is 0.273. The van der Waals surface area contributed by atoms with Crippen molar-refractivity contribution in [3.05, 3.63) is 42.6 Å². The van der Waals surface area contributed by atoms with Crippen LogP contribution in [0.2, 0.25) is 0 Å². The van der Waals surface area contributed by atoms with Crippen molar-refractivity contribution in [1.29, 1.82) is 0 Å². The van der Waals surface area contributed by atoms with Gasteiger partial charge in [0.1, 0.15) is 22.8 Å². The number of methoxy groups -OCH3 is 1. The van der Waals surface area contributed by atoms with E-state index in [1.54, 1.807) is 23.9 Å². The number of fused-ring (bicyclic) bond motifs is 2. The predicted molar refractivity (Wildman–Crippen MR) is 103 cm³/mol. The lowest BCUT2D eigenvalue weighted by atomic mass is 10.1. The third-order valence-electron chi connectivity index (χ3n) is 5.15. The molecular formula is C21H19N3O4. The zero-order valence-electron chi connectivity index (χ0n) is 15.4. The predicted octanol–water partition coefficient (Wildman–Crippen LogP) is 3.90. The molecule has 1 aliphatic carbocycles. The summed E-state index contributed by atoms with van der Waals surface area (Å²) in [5, 5.41) is 5.46. The van der Waals surface area contributed by atoms with Crippen molar-refractivity contribution in [2.45, 2.75) is 19.3 Å². The zero-order valence-corrected chi connectivity index (χ0v) is 15.4. The summed E-state index contributed by atoms with van der Waals surface area (Å²) in [5.41, 5.74) is 2.17. The van der Waals surface area contributed by atoms with Crippen molar-refractivity contribution in [2.24, 2.45) is 5.92 Å². The van der Waals surface area contributed by atoms with Crippen molar-refractivity contribution in [3.63, 3.8) is 0 Å². The molecule has 7 nitrogen and oxygen atoms in total. The molecule has 0 radical (unpaired) electrons. The van der Waals surface area contributed by atoms with E-state index in [-0.39, 0.29) is 5.92 Å². The molecule has 0 N–H and O–H groups in total. The largest absolute Gasteiger partial charge is 0.496 e. The topological polar surface area (TPSA) is 78.9 Å². The molecule has 3 aromatic heterocycles. The van der Waals surface area contributed by atoms with Gasteiger partial charge < -0.3 is 13.9 Å². The molecule has 3 heterocycles. The summed E-state index contributed by atoms with van der Waals surface area (Å²) in [5.74, 6) is 2.49. The second-order valence-corrected chi connectivity index (χ2v) is 7.03. The maximum absolute atomic E-state index is 11.4. The number of imidazole rings is 1. The highest BCUT2D eigenvalue weighted by Crippen LogP contribution is 2.33. The second-order valence-electron chi connectivity index (χ2n) is 7.03. The maximum Gasteiger partial charge on any atom is 0.231 e. The molecule has 0 aliphatic heterocycles. The van der Waals surface area contributed by atoms with Gasteiger partial charge in [0.15, 0.2) is 11.4 Å². The minimum Gasteiger partial charge on any atom is -0.496 e. The number of nitrogens with zero attached hydrogens (tertiary/aromatic N) is 3. The molecule has 0 unspecified atom stereocenters. The molecule has 0 amide bonds. The first kappa shape index (κ1) is 16.8. The molecule has 1 aliphatic rings.